The Morgan fingerprint density at radius 3 is 2.61 bits per heavy atom. The van der Waals surface area contributed by atoms with Crippen molar-refractivity contribution in [1.29, 1.82) is 0 Å². The Morgan fingerprint density at radius 2 is 1.91 bits per heavy atom. The van der Waals surface area contributed by atoms with E-state index in [9.17, 15) is 15.0 Å². The topological polar surface area (TPSA) is 75.4 Å². The summed E-state index contributed by atoms with van der Waals surface area (Å²) >= 11 is 0. The molecule has 4 aliphatic rings. The van der Waals surface area contributed by atoms with Crippen LogP contribution in [0.1, 0.15) is 91.0 Å². The molecule has 0 amide bonds. The largest absolute Gasteiger partial charge is 0.390 e. The first-order valence-electron chi connectivity index (χ1n) is 13.0. The molecule has 33 heavy (non-hydrogen) atoms. The molecule has 1 aromatic rings. The van der Waals surface area contributed by atoms with Crippen molar-refractivity contribution in [1.82, 2.24) is 9.78 Å². The molecule has 0 saturated heterocycles. The van der Waals surface area contributed by atoms with Crippen LogP contribution in [0.4, 0.5) is 4.39 Å². The number of aromatic nitrogens is 2. The fraction of sp³-hybridized carbons (Fsp3) is 0.852. The van der Waals surface area contributed by atoms with E-state index in [4.69, 9.17) is 0 Å². The van der Waals surface area contributed by atoms with Crippen LogP contribution in [0.3, 0.4) is 0 Å². The lowest BCUT2D eigenvalue weighted by Crippen LogP contribution is -2.58. The van der Waals surface area contributed by atoms with Crippen molar-refractivity contribution >= 4 is 5.78 Å². The maximum Gasteiger partial charge on any atom is 0.157 e. The number of fused-ring (bicyclic) bond motifs is 5. The molecule has 4 fully saturated rings. The van der Waals surface area contributed by atoms with Crippen LogP contribution in [0.15, 0.2) is 12.4 Å². The molecule has 6 heteroatoms. The number of hydrogen-bond donors (Lipinski definition) is 2. The van der Waals surface area contributed by atoms with Crippen LogP contribution in [0.5, 0.6) is 0 Å². The first-order valence-corrected chi connectivity index (χ1v) is 13.0. The van der Waals surface area contributed by atoms with Gasteiger partial charge < -0.3 is 10.2 Å². The SMILES string of the molecule is CC(C)(O)c1cnn(CC(=O)[C@H]2CC[C@H]3[C@@H]4CC[C@@H]5C[C@](C)(O)CC[C@]5(F)[C@H]4CC[C@]23C)c1. The lowest BCUT2D eigenvalue weighted by atomic mass is 9.48. The molecule has 184 valence electrons. The molecule has 1 aromatic heterocycles. The van der Waals surface area contributed by atoms with Gasteiger partial charge in [-0.05, 0) is 108 Å². The smallest absolute Gasteiger partial charge is 0.157 e. The molecule has 0 aromatic carbocycles. The molecule has 5 rings (SSSR count). The number of ketones is 1. The molecule has 1 heterocycles. The number of alkyl halides is 1. The molecular formula is C27H41FN2O3. The number of nitrogens with zero attached hydrogens (tertiary/aromatic N) is 2. The predicted octanol–water partition coefficient (Wildman–Crippen LogP) is 4.79. The molecular weight excluding hydrogens is 419 g/mol. The first-order chi connectivity index (χ1) is 15.3. The number of hydrogen-bond acceptors (Lipinski definition) is 4. The van der Waals surface area contributed by atoms with E-state index in [2.05, 4.69) is 12.0 Å². The lowest BCUT2D eigenvalue weighted by molar-refractivity contribution is -0.166. The highest BCUT2D eigenvalue weighted by atomic mass is 19.1. The number of Topliss-reactive ketones (excluding diaryl/α,β-unsaturated/α-hetero) is 1. The molecule has 5 nitrogen and oxygen atoms in total. The lowest BCUT2D eigenvalue weighted by Gasteiger charge is -2.59. The zero-order chi connectivity index (χ0) is 23.8. The fourth-order valence-corrected chi connectivity index (χ4v) is 8.54. The van der Waals surface area contributed by atoms with Gasteiger partial charge in [-0.25, -0.2) is 4.39 Å². The second-order valence-electron chi connectivity index (χ2n) is 12.9. The zero-order valence-corrected chi connectivity index (χ0v) is 20.7. The Hall–Kier alpha value is -1.27. The van der Waals surface area contributed by atoms with Crippen LogP contribution < -0.4 is 0 Å². The second-order valence-corrected chi connectivity index (χ2v) is 12.9. The summed E-state index contributed by atoms with van der Waals surface area (Å²) in [4.78, 5) is 13.4. The van der Waals surface area contributed by atoms with E-state index in [0.29, 0.717) is 36.7 Å². The van der Waals surface area contributed by atoms with Crippen LogP contribution in [0, 0.1) is 35.0 Å². The van der Waals surface area contributed by atoms with E-state index >= 15 is 4.39 Å². The summed E-state index contributed by atoms with van der Waals surface area (Å²) < 4.78 is 18.2. The second kappa shape index (κ2) is 7.61. The number of carbonyl (C=O) groups is 1. The van der Waals surface area contributed by atoms with Crippen LogP contribution >= 0.6 is 0 Å². The monoisotopic (exact) mass is 460 g/mol. The van der Waals surface area contributed by atoms with Gasteiger partial charge in [0.15, 0.2) is 5.78 Å². The maximum atomic E-state index is 16.5. The Labute approximate surface area is 197 Å². The molecule has 4 aliphatic carbocycles. The average molecular weight is 461 g/mol. The minimum Gasteiger partial charge on any atom is -0.390 e. The summed E-state index contributed by atoms with van der Waals surface area (Å²) in [6.07, 6.45) is 10.6. The number of halogens is 1. The van der Waals surface area contributed by atoms with Gasteiger partial charge in [0.25, 0.3) is 0 Å². The Kier molecular flexibility index (Phi) is 5.41. The van der Waals surface area contributed by atoms with Crippen molar-refractivity contribution < 1.29 is 19.4 Å². The summed E-state index contributed by atoms with van der Waals surface area (Å²) in [5, 5.41) is 25.1. The highest BCUT2D eigenvalue weighted by Crippen LogP contribution is 2.66. The van der Waals surface area contributed by atoms with Crippen molar-refractivity contribution in [2.24, 2.45) is 35.0 Å². The van der Waals surface area contributed by atoms with Crippen LogP contribution in [0.2, 0.25) is 0 Å². The molecule has 2 N–H and O–H groups in total. The Balaban J connectivity index is 1.31. The van der Waals surface area contributed by atoms with Crippen molar-refractivity contribution in [2.75, 3.05) is 0 Å². The first kappa shape index (κ1) is 23.5. The highest BCUT2D eigenvalue weighted by molar-refractivity contribution is 5.82. The summed E-state index contributed by atoms with van der Waals surface area (Å²) in [5.41, 5.74) is -2.19. The predicted molar refractivity (Wildman–Crippen MR) is 124 cm³/mol. The van der Waals surface area contributed by atoms with Crippen molar-refractivity contribution in [3.05, 3.63) is 18.0 Å². The third-order valence-electron chi connectivity index (χ3n) is 10.4. The molecule has 4 saturated carbocycles. The minimum absolute atomic E-state index is 0.00129. The van der Waals surface area contributed by atoms with Crippen molar-refractivity contribution in [2.45, 2.75) is 109 Å². The van der Waals surface area contributed by atoms with E-state index in [1.54, 1.807) is 30.9 Å². The molecule has 0 radical (unpaired) electrons. The Bertz CT molecular complexity index is 921. The van der Waals surface area contributed by atoms with E-state index < -0.39 is 16.9 Å². The van der Waals surface area contributed by atoms with Crippen LogP contribution in [-0.4, -0.2) is 37.0 Å². The fourth-order valence-electron chi connectivity index (χ4n) is 8.54. The molecule has 0 unspecified atom stereocenters. The number of aliphatic hydroxyl groups is 2. The quantitative estimate of drug-likeness (QED) is 0.677. The molecule has 0 aliphatic heterocycles. The van der Waals surface area contributed by atoms with E-state index in [1.165, 1.54) is 0 Å². The van der Waals surface area contributed by atoms with Gasteiger partial charge in [0.05, 0.1) is 23.9 Å². The Morgan fingerprint density at radius 1 is 1.15 bits per heavy atom. The normalized spacial score (nSPS) is 45.2. The number of rotatable bonds is 4. The van der Waals surface area contributed by atoms with Gasteiger partial charge in [-0.2, -0.15) is 5.10 Å². The minimum atomic E-state index is -1.14. The standard InChI is InChI=1S/C27H41FN2O3/c1-24(2,32)18-14-29-30(15-18)16-23(31)22-8-7-20-19-6-5-17-13-25(3,33)11-12-27(17,28)21(19)9-10-26(20,22)4/h14-15,17,19-22,32-33H,5-13,16H2,1-4H3/t17-,19+,20+,21+,22-,25-,26+,27-/m1/s1. The summed E-state index contributed by atoms with van der Waals surface area (Å²) in [6.45, 7) is 7.83. The van der Waals surface area contributed by atoms with E-state index in [1.807, 2.05) is 6.92 Å². The van der Waals surface area contributed by atoms with Crippen molar-refractivity contribution in [3.8, 4) is 0 Å². The summed E-state index contributed by atoms with van der Waals surface area (Å²) in [6, 6.07) is 0. The summed E-state index contributed by atoms with van der Waals surface area (Å²) in [7, 11) is 0. The van der Waals surface area contributed by atoms with Gasteiger partial charge >= 0.3 is 0 Å². The van der Waals surface area contributed by atoms with Gasteiger partial charge in [0.1, 0.15) is 5.67 Å². The summed E-state index contributed by atoms with van der Waals surface area (Å²) in [5.74, 6) is 1.05. The highest BCUT2D eigenvalue weighted by Gasteiger charge is 2.63. The van der Waals surface area contributed by atoms with E-state index in [0.717, 1.165) is 38.5 Å². The van der Waals surface area contributed by atoms with Gasteiger partial charge in [-0.3, -0.25) is 9.48 Å². The third-order valence-corrected chi connectivity index (χ3v) is 10.4. The maximum absolute atomic E-state index is 16.5. The zero-order valence-electron chi connectivity index (χ0n) is 20.7. The van der Waals surface area contributed by atoms with Crippen LogP contribution in [-0.2, 0) is 16.9 Å². The van der Waals surface area contributed by atoms with Crippen LogP contribution in [0.25, 0.3) is 0 Å². The van der Waals surface area contributed by atoms with Crippen molar-refractivity contribution in [3.63, 3.8) is 0 Å². The molecule has 0 bridgehead atoms. The number of carbonyl (C=O) groups excluding carboxylic acids is 1. The van der Waals surface area contributed by atoms with Gasteiger partial charge in [-0.15, -0.1) is 0 Å². The average Bonchev–Trinajstić information content (AvgIpc) is 3.32. The van der Waals surface area contributed by atoms with E-state index in [-0.39, 0.29) is 35.5 Å². The van der Waals surface area contributed by atoms with Gasteiger partial charge in [0, 0.05) is 17.7 Å². The molecule has 8 atom stereocenters. The van der Waals surface area contributed by atoms with Gasteiger partial charge in [-0.1, -0.05) is 6.92 Å². The van der Waals surface area contributed by atoms with Gasteiger partial charge in [0.2, 0.25) is 0 Å². The molecule has 0 spiro atoms. The third kappa shape index (κ3) is 3.80.